The lowest BCUT2D eigenvalue weighted by Gasteiger charge is -2.40. The molecule has 2 aromatic rings. The molecule has 1 heterocycles. The van der Waals surface area contributed by atoms with Gasteiger partial charge >= 0.3 is 5.97 Å². The fourth-order valence-corrected chi connectivity index (χ4v) is 3.56. The summed E-state index contributed by atoms with van der Waals surface area (Å²) in [7, 11) is 0. The minimum atomic E-state index is -0.893. The molecular weight excluding hydrogens is 361 g/mol. The van der Waals surface area contributed by atoms with Crippen LogP contribution in [-0.4, -0.2) is 42.3 Å². The molecule has 0 saturated carbocycles. The zero-order chi connectivity index (χ0) is 20.1. The Kier molecular flexibility index (Phi) is 5.87. The lowest BCUT2D eigenvalue weighted by atomic mass is 9.72. The summed E-state index contributed by atoms with van der Waals surface area (Å²) in [5, 5.41) is 0. The third-order valence-corrected chi connectivity index (χ3v) is 5.28. The number of amides is 1. The molecule has 0 atom stereocenters. The SMILES string of the molecule is CC(=O)N1CCC(C(=O)OCC(=O)c2ccc(F)cc2)(c2ccccc2)CC1. The van der Waals surface area contributed by atoms with Crippen LogP contribution < -0.4 is 0 Å². The number of Topliss-reactive ketones (excluding diaryl/α,β-unsaturated/α-hetero) is 1. The van der Waals surface area contributed by atoms with Gasteiger partial charge in [-0.1, -0.05) is 30.3 Å². The first kappa shape index (κ1) is 19.7. The Bertz CT molecular complexity index is 856. The number of ether oxygens (including phenoxy) is 1. The molecule has 28 heavy (non-hydrogen) atoms. The highest BCUT2D eigenvalue weighted by Crippen LogP contribution is 2.37. The largest absolute Gasteiger partial charge is 0.457 e. The number of hydrogen-bond donors (Lipinski definition) is 0. The van der Waals surface area contributed by atoms with E-state index in [0.29, 0.717) is 25.9 Å². The van der Waals surface area contributed by atoms with Crippen LogP contribution in [0.5, 0.6) is 0 Å². The van der Waals surface area contributed by atoms with E-state index >= 15 is 0 Å². The van der Waals surface area contributed by atoms with Crippen molar-refractivity contribution >= 4 is 17.7 Å². The van der Waals surface area contributed by atoms with Gasteiger partial charge in [0, 0.05) is 25.6 Å². The fourth-order valence-electron chi connectivity index (χ4n) is 3.56. The molecule has 1 aliphatic heterocycles. The molecule has 0 unspecified atom stereocenters. The molecule has 1 fully saturated rings. The number of nitrogens with zero attached hydrogens (tertiary/aromatic N) is 1. The molecule has 1 aliphatic rings. The van der Waals surface area contributed by atoms with Crippen LogP contribution in [0.2, 0.25) is 0 Å². The van der Waals surface area contributed by atoms with Crippen molar-refractivity contribution in [1.82, 2.24) is 4.90 Å². The Balaban J connectivity index is 1.75. The maximum Gasteiger partial charge on any atom is 0.317 e. The van der Waals surface area contributed by atoms with Gasteiger partial charge in [0.1, 0.15) is 5.82 Å². The van der Waals surface area contributed by atoms with E-state index in [1.165, 1.54) is 31.2 Å². The quantitative estimate of drug-likeness (QED) is 0.588. The molecule has 0 aliphatic carbocycles. The Morgan fingerprint density at radius 1 is 1.00 bits per heavy atom. The van der Waals surface area contributed by atoms with E-state index in [2.05, 4.69) is 0 Å². The second-order valence-corrected chi connectivity index (χ2v) is 6.96. The molecule has 3 rings (SSSR count). The summed E-state index contributed by atoms with van der Waals surface area (Å²) in [4.78, 5) is 38.7. The van der Waals surface area contributed by atoms with Crippen LogP contribution >= 0.6 is 0 Å². The predicted octanol–water partition coefficient (Wildman–Crippen LogP) is 3.13. The Labute approximate surface area is 163 Å². The average molecular weight is 383 g/mol. The number of carbonyl (C=O) groups excluding carboxylic acids is 3. The van der Waals surface area contributed by atoms with Crippen LogP contribution in [0.25, 0.3) is 0 Å². The van der Waals surface area contributed by atoms with E-state index in [9.17, 15) is 18.8 Å². The Morgan fingerprint density at radius 2 is 1.61 bits per heavy atom. The number of benzene rings is 2. The number of hydrogen-bond acceptors (Lipinski definition) is 4. The normalized spacial score (nSPS) is 15.7. The number of carbonyl (C=O) groups is 3. The van der Waals surface area contributed by atoms with Crippen molar-refractivity contribution in [3.63, 3.8) is 0 Å². The van der Waals surface area contributed by atoms with Crippen molar-refractivity contribution in [3.8, 4) is 0 Å². The van der Waals surface area contributed by atoms with Gasteiger partial charge in [0.2, 0.25) is 5.91 Å². The summed E-state index contributed by atoms with van der Waals surface area (Å²) >= 11 is 0. The molecule has 0 N–H and O–H groups in total. The standard InChI is InChI=1S/C22H22FNO4/c1-16(25)24-13-11-22(12-14-24,18-5-3-2-4-6-18)21(27)28-15-20(26)17-7-9-19(23)10-8-17/h2-10H,11-15H2,1H3. The first-order valence-corrected chi connectivity index (χ1v) is 9.19. The van der Waals surface area contributed by atoms with Crippen molar-refractivity contribution in [2.75, 3.05) is 19.7 Å². The van der Waals surface area contributed by atoms with Crippen LogP contribution in [0.15, 0.2) is 54.6 Å². The predicted molar refractivity (Wildman–Crippen MR) is 101 cm³/mol. The van der Waals surface area contributed by atoms with Crippen molar-refractivity contribution in [1.29, 1.82) is 0 Å². The van der Waals surface area contributed by atoms with E-state index in [-0.39, 0.29) is 11.5 Å². The van der Waals surface area contributed by atoms with Crippen molar-refractivity contribution in [2.24, 2.45) is 0 Å². The summed E-state index contributed by atoms with van der Waals surface area (Å²) in [6, 6.07) is 14.4. The van der Waals surface area contributed by atoms with Gasteiger partial charge in [-0.3, -0.25) is 14.4 Å². The zero-order valence-corrected chi connectivity index (χ0v) is 15.7. The monoisotopic (exact) mass is 383 g/mol. The zero-order valence-electron chi connectivity index (χ0n) is 15.7. The van der Waals surface area contributed by atoms with Gasteiger partial charge < -0.3 is 9.64 Å². The number of halogens is 1. The summed E-state index contributed by atoms with van der Waals surface area (Å²) < 4.78 is 18.4. The molecule has 0 radical (unpaired) electrons. The molecule has 1 saturated heterocycles. The molecule has 0 spiro atoms. The van der Waals surface area contributed by atoms with Crippen LogP contribution in [-0.2, 0) is 19.7 Å². The first-order chi connectivity index (χ1) is 13.4. The fraction of sp³-hybridized carbons (Fsp3) is 0.318. The van der Waals surface area contributed by atoms with Crippen LogP contribution in [0.4, 0.5) is 4.39 Å². The minimum absolute atomic E-state index is 0.0264. The molecule has 6 heteroatoms. The number of likely N-dealkylation sites (tertiary alicyclic amines) is 1. The molecule has 0 aromatic heterocycles. The lowest BCUT2D eigenvalue weighted by Crippen LogP contribution is -2.49. The summed E-state index contributed by atoms with van der Waals surface area (Å²) in [5.74, 6) is -1.33. The Hall–Kier alpha value is -3.02. The molecular formula is C22H22FNO4. The average Bonchev–Trinajstić information content (AvgIpc) is 2.72. The van der Waals surface area contributed by atoms with E-state index in [1.54, 1.807) is 4.90 Å². The van der Waals surface area contributed by atoms with E-state index < -0.39 is 29.6 Å². The van der Waals surface area contributed by atoms with Gasteiger partial charge in [-0.2, -0.15) is 0 Å². The van der Waals surface area contributed by atoms with Gasteiger partial charge in [-0.05, 0) is 42.7 Å². The highest BCUT2D eigenvalue weighted by atomic mass is 19.1. The van der Waals surface area contributed by atoms with Gasteiger partial charge in [-0.25, -0.2) is 4.39 Å². The highest BCUT2D eigenvalue weighted by molar-refractivity contribution is 5.98. The topological polar surface area (TPSA) is 63.7 Å². The molecule has 5 nitrogen and oxygen atoms in total. The number of ketones is 1. The third-order valence-electron chi connectivity index (χ3n) is 5.28. The molecule has 0 bridgehead atoms. The summed E-state index contributed by atoms with van der Waals surface area (Å²) in [6.45, 7) is 2.00. The van der Waals surface area contributed by atoms with Crippen LogP contribution in [0.3, 0.4) is 0 Å². The second-order valence-electron chi connectivity index (χ2n) is 6.96. The minimum Gasteiger partial charge on any atom is -0.457 e. The van der Waals surface area contributed by atoms with Gasteiger partial charge in [0.15, 0.2) is 12.4 Å². The van der Waals surface area contributed by atoms with E-state index in [0.717, 1.165) is 5.56 Å². The second kappa shape index (κ2) is 8.33. The van der Waals surface area contributed by atoms with E-state index in [1.807, 2.05) is 30.3 Å². The van der Waals surface area contributed by atoms with Crippen molar-refractivity contribution in [3.05, 3.63) is 71.5 Å². The van der Waals surface area contributed by atoms with Gasteiger partial charge in [0.25, 0.3) is 0 Å². The highest BCUT2D eigenvalue weighted by Gasteiger charge is 2.44. The molecule has 146 valence electrons. The smallest absolute Gasteiger partial charge is 0.317 e. The number of piperidine rings is 1. The lowest BCUT2D eigenvalue weighted by molar-refractivity contribution is -0.153. The van der Waals surface area contributed by atoms with Gasteiger partial charge in [-0.15, -0.1) is 0 Å². The van der Waals surface area contributed by atoms with Crippen molar-refractivity contribution < 1.29 is 23.5 Å². The maximum atomic E-state index is 13.0. The van der Waals surface area contributed by atoms with Crippen LogP contribution in [0.1, 0.15) is 35.7 Å². The van der Waals surface area contributed by atoms with Gasteiger partial charge in [0.05, 0.1) is 5.41 Å². The van der Waals surface area contributed by atoms with E-state index in [4.69, 9.17) is 4.74 Å². The third kappa shape index (κ3) is 4.11. The molecule has 1 amide bonds. The number of esters is 1. The summed E-state index contributed by atoms with van der Waals surface area (Å²) in [5.41, 5.74) is 0.211. The summed E-state index contributed by atoms with van der Waals surface area (Å²) in [6.07, 6.45) is 0.861. The van der Waals surface area contributed by atoms with Crippen LogP contribution in [0, 0.1) is 5.82 Å². The maximum absolute atomic E-state index is 13.0. The number of rotatable bonds is 5. The molecule has 2 aromatic carbocycles. The Morgan fingerprint density at radius 3 is 2.18 bits per heavy atom. The van der Waals surface area contributed by atoms with Crippen molar-refractivity contribution in [2.45, 2.75) is 25.2 Å². The first-order valence-electron chi connectivity index (χ1n) is 9.19.